The van der Waals surface area contributed by atoms with Gasteiger partial charge in [0.05, 0.1) is 39.9 Å². The highest BCUT2D eigenvalue weighted by atomic mass is 31.2. The van der Waals surface area contributed by atoms with Gasteiger partial charge in [-0.25, -0.2) is 4.57 Å². The molecule has 0 aliphatic heterocycles. The highest BCUT2D eigenvalue weighted by Gasteiger charge is 2.27. The van der Waals surface area contributed by atoms with E-state index in [9.17, 15) is 19.4 Å². The van der Waals surface area contributed by atoms with Crippen molar-refractivity contribution in [3.05, 3.63) is 134 Å². The zero-order chi connectivity index (χ0) is 47.8. The van der Waals surface area contributed by atoms with Crippen LogP contribution in [0.2, 0.25) is 0 Å². The van der Waals surface area contributed by atoms with Crippen molar-refractivity contribution < 1.29 is 32.9 Å². The van der Waals surface area contributed by atoms with Crippen LogP contribution in [0.4, 0.5) is 0 Å². The smallest absolute Gasteiger partial charge is 0.387 e. The number of phosphoric ester groups is 1. The average Bonchev–Trinajstić information content (AvgIpc) is 3.26. The molecule has 0 aromatic heterocycles. The fraction of sp³-hybridized carbons (Fsp3) is 0.589. The molecule has 0 aliphatic carbocycles. The molecular formula is C56H94N2O6P+. The molecule has 65 heavy (non-hydrogen) atoms. The van der Waals surface area contributed by atoms with Gasteiger partial charge in [0, 0.05) is 6.42 Å². The van der Waals surface area contributed by atoms with Crippen molar-refractivity contribution in [2.75, 3.05) is 40.9 Å². The number of nitrogens with zero attached hydrogens (tertiary/aromatic N) is 1. The number of nitrogens with one attached hydrogen (secondary N) is 1. The first-order chi connectivity index (χ1) is 31.5. The molecule has 0 radical (unpaired) electrons. The van der Waals surface area contributed by atoms with Crippen LogP contribution in [0.15, 0.2) is 134 Å². The van der Waals surface area contributed by atoms with E-state index in [0.29, 0.717) is 17.4 Å². The third kappa shape index (κ3) is 48.4. The highest BCUT2D eigenvalue weighted by molar-refractivity contribution is 7.47. The Morgan fingerprint density at radius 1 is 0.538 bits per heavy atom. The summed E-state index contributed by atoms with van der Waals surface area (Å²) in [5.41, 5.74) is 0. The van der Waals surface area contributed by atoms with E-state index >= 15 is 0 Å². The van der Waals surface area contributed by atoms with E-state index in [1.165, 1.54) is 25.7 Å². The van der Waals surface area contributed by atoms with Crippen LogP contribution in [-0.4, -0.2) is 73.4 Å². The lowest BCUT2D eigenvalue weighted by molar-refractivity contribution is -0.870. The van der Waals surface area contributed by atoms with Crippen LogP contribution in [0, 0.1) is 0 Å². The lowest BCUT2D eigenvalue weighted by Gasteiger charge is -2.25. The monoisotopic (exact) mass is 922 g/mol. The Labute approximate surface area is 398 Å². The minimum atomic E-state index is -4.33. The molecule has 0 fully saturated rings. The maximum Gasteiger partial charge on any atom is 0.472 e. The maximum absolute atomic E-state index is 12.7. The summed E-state index contributed by atoms with van der Waals surface area (Å²) in [5.74, 6) is -0.203. The van der Waals surface area contributed by atoms with Gasteiger partial charge >= 0.3 is 7.82 Å². The number of allylic oxidation sites excluding steroid dienone is 21. The van der Waals surface area contributed by atoms with Gasteiger partial charge in [-0.05, 0) is 89.9 Å². The Kier molecular flexibility index (Phi) is 43.4. The number of carbonyl (C=O) groups excluding carboxylic acids is 1. The quantitative estimate of drug-likeness (QED) is 0.0244. The van der Waals surface area contributed by atoms with Crippen LogP contribution in [-0.2, 0) is 18.4 Å². The number of hydrogen-bond acceptors (Lipinski definition) is 5. The van der Waals surface area contributed by atoms with Gasteiger partial charge in [-0.3, -0.25) is 13.8 Å². The van der Waals surface area contributed by atoms with E-state index in [4.69, 9.17) is 9.05 Å². The van der Waals surface area contributed by atoms with Crippen molar-refractivity contribution in [1.82, 2.24) is 5.32 Å². The molecule has 0 spiro atoms. The molecular weight excluding hydrogens is 828 g/mol. The Balaban J connectivity index is 3.94. The molecule has 0 bridgehead atoms. The molecule has 0 saturated heterocycles. The van der Waals surface area contributed by atoms with Crippen LogP contribution < -0.4 is 5.32 Å². The minimum Gasteiger partial charge on any atom is -0.387 e. The van der Waals surface area contributed by atoms with E-state index in [1.54, 1.807) is 6.08 Å². The van der Waals surface area contributed by atoms with Crippen molar-refractivity contribution in [2.45, 2.75) is 174 Å². The number of rotatable bonds is 43. The summed E-state index contributed by atoms with van der Waals surface area (Å²) in [7, 11) is 1.54. The first-order valence-electron chi connectivity index (χ1n) is 25.1. The van der Waals surface area contributed by atoms with Crippen molar-refractivity contribution in [2.24, 2.45) is 0 Å². The minimum absolute atomic E-state index is 0.0515. The van der Waals surface area contributed by atoms with Crippen molar-refractivity contribution in [3.8, 4) is 0 Å². The average molecular weight is 922 g/mol. The second-order valence-corrected chi connectivity index (χ2v) is 18.9. The lowest BCUT2D eigenvalue weighted by Crippen LogP contribution is -2.45. The molecule has 0 aromatic rings. The molecule has 368 valence electrons. The Bertz CT molecular complexity index is 1510. The second-order valence-electron chi connectivity index (χ2n) is 17.5. The predicted octanol–water partition coefficient (Wildman–Crippen LogP) is 14.8. The molecule has 0 saturated carbocycles. The van der Waals surface area contributed by atoms with Gasteiger partial charge in [-0.15, -0.1) is 0 Å². The summed E-state index contributed by atoms with van der Waals surface area (Å²) in [6.07, 6.45) is 70.4. The number of phosphoric acid groups is 1. The highest BCUT2D eigenvalue weighted by Crippen LogP contribution is 2.43. The molecule has 1 amide bonds. The van der Waals surface area contributed by atoms with Crippen LogP contribution in [0.1, 0.15) is 162 Å². The lowest BCUT2D eigenvalue weighted by atomic mass is 10.1. The number of carbonyl (C=O) groups is 1. The van der Waals surface area contributed by atoms with Gasteiger partial charge in [-0.1, -0.05) is 199 Å². The first kappa shape index (κ1) is 61.6. The van der Waals surface area contributed by atoms with E-state index in [2.05, 4.69) is 141 Å². The van der Waals surface area contributed by atoms with Crippen molar-refractivity contribution >= 4 is 13.7 Å². The van der Waals surface area contributed by atoms with Gasteiger partial charge in [0.1, 0.15) is 13.2 Å². The number of amides is 1. The van der Waals surface area contributed by atoms with E-state index < -0.39 is 20.0 Å². The van der Waals surface area contributed by atoms with E-state index in [1.807, 2.05) is 27.2 Å². The number of aliphatic hydroxyl groups excluding tert-OH is 1. The molecule has 3 atom stereocenters. The predicted molar refractivity (Wildman–Crippen MR) is 281 cm³/mol. The summed E-state index contributed by atoms with van der Waals surface area (Å²) >= 11 is 0. The Morgan fingerprint density at radius 3 is 1.34 bits per heavy atom. The topological polar surface area (TPSA) is 105 Å². The van der Waals surface area contributed by atoms with Crippen molar-refractivity contribution in [1.29, 1.82) is 0 Å². The molecule has 8 nitrogen and oxygen atoms in total. The molecule has 0 aromatic carbocycles. The fourth-order valence-corrected chi connectivity index (χ4v) is 6.91. The number of aliphatic hydroxyl groups is 1. The van der Waals surface area contributed by atoms with Crippen LogP contribution >= 0.6 is 7.82 Å². The first-order valence-corrected chi connectivity index (χ1v) is 26.6. The summed E-state index contributed by atoms with van der Waals surface area (Å²) in [6, 6.07) is -0.855. The van der Waals surface area contributed by atoms with Gasteiger partial charge in [0.25, 0.3) is 0 Å². The van der Waals surface area contributed by atoms with Gasteiger partial charge in [0.2, 0.25) is 5.91 Å². The Morgan fingerprint density at radius 2 is 0.923 bits per heavy atom. The summed E-state index contributed by atoms with van der Waals surface area (Å²) in [6.45, 7) is 4.50. The number of hydrogen-bond donors (Lipinski definition) is 3. The Hall–Kier alpha value is -3.36. The SMILES string of the molecule is CC/C=C\C/C=C\C/C=C\C/C=C\C/C=C\C/C=C\C/C=C\C/C=C\C/C=C\C/C=C\CCCCCCCCCCC(=O)NC(COP(=O)(O)OCC[N+](C)(C)C)C(O)/C=C/CCCC. The molecule has 0 rings (SSSR count). The summed E-state index contributed by atoms with van der Waals surface area (Å²) in [5, 5.41) is 13.5. The van der Waals surface area contributed by atoms with Crippen molar-refractivity contribution in [3.63, 3.8) is 0 Å². The third-order valence-corrected chi connectivity index (χ3v) is 11.1. The van der Waals surface area contributed by atoms with E-state index in [0.717, 1.165) is 116 Å². The fourth-order valence-electron chi connectivity index (χ4n) is 6.17. The largest absolute Gasteiger partial charge is 0.472 e. The number of quaternary nitrogens is 1. The molecule has 0 aliphatic rings. The van der Waals surface area contributed by atoms with Crippen LogP contribution in [0.5, 0.6) is 0 Å². The van der Waals surface area contributed by atoms with Gasteiger partial charge in [-0.2, -0.15) is 0 Å². The molecule has 3 N–H and O–H groups in total. The second kappa shape index (κ2) is 45.8. The molecule has 0 heterocycles. The maximum atomic E-state index is 12.7. The van der Waals surface area contributed by atoms with E-state index in [-0.39, 0.29) is 19.1 Å². The normalized spacial score (nSPS) is 15.2. The van der Waals surface area contributed by atoms with Crippen LogP contribution in [0.25, 0.3) is 0 Å². The third-order valence-electron chi connectivity index (χ3n) is 10.1. The molecule has 3 unspecified atom stereocenters. The van der Waals surface area contributed by atoms with Crippen LogP contribution in [0.3, 0.4) is 0 Å². The van der Waals surface area contributed by atoms with Gasteiger partial charge in [0.15, 0.2) is 0 Å². The number of unbranched alkanes of at least 4 members (excludes halogenated alkanes) is 10. The molecule has 9 heteroatoms. The zero-order valence-electron chi connectivity index (χ0n) is 41.7. The number of likely N-dealkylation sites (N-methyl/N-ethyl adjacent to an activating group) is 1. The standard InChI is InChI=1S/C56H93N2O6P/c1-6-8-10-12-13-14-15-16-17-18-19-20-21-22-23-24-25-26-27-28-29-30-31-32-33-34-35-36-37-38-39-40-41-42-43-44-45-46-48-50-56(60)57-54(55(59)49-47-11-9-7-2)53-64-65(61,62)63-52-51-58(3,4)5/h8,10,13-14,16-17,19-20,22-23,25-26,28-29,31-32,34-35,37-38,47,49,54-55,59H,6-7,9,11-12,15,18,21,24,27,30,33,36,39-46,48,50-53H2,1-5H3,(H-,57,60,61,62)/p+1/b10-8-,14-13-,17-16-,20-19-,23-22-,26-25-,29-28-,32-31-,35-34-,38-37-,49-47+. The summed E-state index contributed by atoms with van der Waals surface area (Å²) in [4.78, 5) is 22.9. The summed E-state index contributed by atoms with van der Waals surface area (Å²) < 4.78 is 23.3. The zero-order valence-corrected chi connectivity index (χ0v) is 42.6. The van der Waals surface area contributed by atoms with Gasteiger partial charge < -0.3 is 19.8 Å².